The summed E-state index contributed by atoms with van der Waals surface area (Å²) < 4.78 is 6.44. The molecule has 0 aliphatic heterocycles. The van der Waals surface area contributed by atoms with Crippen LogP contribution in [-0.2, 0) is 0 Å². The molecule has 2 aromatic heterocycles. The van der Waals surface area contributed by atoms with E-state index in [-0.39, 0.29) is 0 Å². The minimum absolute atomic E-state index is 0.604. The summed E-state index contributed by atoms with van der Waals surface area (Å²) in [7, 11) is 0. The number of aromatic nitrogens is 2. The third-order valence-corrected chi connectivity index (χ3v) is 2.97. The Hall–Kier alpha value is -1.37. The summed E-state index contributed by atoms with van der Waals surface area (Å²) in [5, 5.41) is 1.02. The average molecular weight is 210 g/mol. The Morgan fingerprint density at radius 1 is 1.20 bits per heavy atom. The van der Waals surface area contributed by atoms with Gasteiger partial charge in [-0.1, -0.05) is 12.1 Å². The van der Waals surface area contributed by atoms with Crippen molar-refractivity contribution < 1.29 is 4.42 Å². The number of furan rings is 1. The summed E-state index contributed by atoms with van der Waals surface area (Å²) in [5.74, 6) is 0. The number of para-hydroxylation sites is 1. The van der Waals surface area contributed by atoms with Crippen LogP contribution >= 0.6 is 0 Å². The Bertz CT molecular complexity index is 660. The predicted molar refractivity (Wildman–Crippen MR) is 59.4 cm³/mol. The van der Waals surface area contributed by atoms with Crippen molar-refractivity contribution in [3.8, 4) is 0 Å². The fourth-order valence-electron chi connectivity index (χ4n) is 1.62. The molecule has 15 heavy (non-hydrogen) atoms. The Morgan fingerprint density at radius 2 is 2.00 bits per heavy atom. The van der Waals surface area contributed by atoms with Crippen LogP contribution in [0.1, 0.15) is 5.69 Å². The maximum Gasteiger partial charge on any atom is 0.244 e. The fraction of sp³-hybridized carbons (Fsp3) is 0.0909. The summed E-state index contributed by atoms with van der Waals surface area (Å²) in [4.78, 5) is 8.83. The lowest BCUT2D eigenvalue weighted by Gasteiger charge is -1.97. The van der Waals surface area contributed by atoms with E-state index in [0.29, 0.717) is 5.71 Å². The highest BCUT2D eigenvalue weighted by atomic mass is 27.0. The highest BCUT2D eigenvalue weighted by Crippen LogP contribution is 2.24. The third kappa shape index (κ3) is 1.26. The van der Waals surface area contributed by atoms with Gasteiger partial charge in [0.05, 0.1) is 0 Å². The summed E-state index contributed by atoms with van der Waals surface area (Å²) in [6, 6.07) is 7.84. The van der Waals surface area contributed by atoms with Gasteiger partial charge in [0, 0.05) is 11.1 Å². The van der Waals surface area contributed by atoms with Crippen LogP contribution in [-0.4, -0.2) is 26.3 Å². The van der Waals surface area contributed by atoms with Crippen LogP contribution in [0.25, 0.3) is 22.2 Å². The van der Waals surface area contributed by atoms with Gasteiger partial charge in [0.25, 0.3) is 0 Å². The normalized spacial score (nSPS) is 11.3. The molecule has 0 aliphatic rings. The second-order valence-electron chi connectivity index (χ2n) is 3.45. The number of benzene rings is 1. The number of fused-ring (bicyclic) bond motifs is 3. The van der Waals surface area contributed by atoms with Crippen molar-refractivity contribution in [1.29, 1.82) is 0 Å². The van der Waals surface area contributed by atoms with Crippen molar-refractivity contribution in [3.63, 3.8) is 0 Å². The Kier molecular flexibility index (Phi) is 1.82. The summed E-state index contributed by atoms with van der Waals surface area (Å²) in [6.45, 7) is 1.94. The number of aryl methyl sites for hydroxylation is 1. The number of nitrogens with zero attached hydrogens (tertiary/aromatic N) is 2. The van der Waals surface area contributed by atoms with Crippen LogP contribution in [0.2, 0.25) is 0 Å². The molecule has 0 aliphatic carbocycles. The van der Waals surface area contributed by atoms with E-state index >= 15 is 0 Å². The summed E-state index contributed by atoms with van der Waals surface area (Å²) >= 11 is 2.56. The van der Waals surface area contributed by atoms with Crippen molar-refractivity contribution in [1.82, 2.24) is 9.97 Å². The first kappa shape index (κ1) is 8.90. The molecule has 0 spiro atoms. The lowest BCUT2D eigenvalue weighted by Crippen LogP contribution is -2.13. The van der Waals surface area contributed by atoms with Crippen LogP contribution in [0.5, 0.6) is 0 Å². The zero-order valence-electron chi connectivity index (χ0n) is 8.19. The van der Waals surface area contributed by atoms with Crippen molar-refractivity contribution in [3.05, 3.63) is 30.0 Å². The largest absolute Gasteiger partial charge is 0.436 e. The molecule has 1 aromatic carbocycles. The first-order valence-electron chi connectivity index (χ1n) is 4.67. The van der Waals surface area contributed by atoms with Crippen LogP contribution < -0.4 is 4.56 Å². The first-order valence-corrected chi connectivity index (χ1v) is 5.25. The van der Waals surface area contributed by atoms with Gasteiger partial charge >= 0.3 is 0 Å². The molecule has 0 amide bonds. The molecule has 0 saturated carbocycles. The molecule has 0 bridgehead atoms. The summed E-state index contributed by atoms with van der Waals surface area (Å²) in [5.41, 5.74) is 3.20. The molecule has 3 nitrogen and oxygen atoms in total. The number of rotatable bonds is 0. The maximum absolute atomic E-state index is 5.60. The molecular weight excluding hydrogens is 203 g/mol. The molecule has 0 fully saturated rings. The van der Waals surface area contributed by atoms with Gasteiger partial charge in [-0.3, -0.25) is 0 Å². The molecule has 0 unspecified atom stereocenters. The molecule has 2 heterocycles. The van der Waals surface area contributed by atoms with Gasteiger partial charge < -0.3 is 4.42 Å². The van der Waals surface area contributed by atoms with E-state index in [1.807, 2.05) is 31.2 Å². The van der Waals surface area contributed by atoms with Gasteiger partial charge in [-0.15, -0.1) is 0 Å². The van der Waals surface area contributed by atoms with E-state index in [2.05, 4.69) is 26.3 Å². The monoisotopic (exact) mass is 210 g/mol. The second-order valence-corrected chi connectivity index (χ2v) is 3.99. The molecule has 2 radical (unpaired) electrons. The van der Waals surface area contributed by atoms with Gasteiger partial charge in [-0.25, -0.2) is 9.97 Å². The van der Waals surface area contributed by atoms with E-state index in [1.165, 1.54) is 0 Å². The zero-order valence-corrected chi connectivity index (χ0v) is 9.34. The second kappa shape index (κ2) is 3.06. The van der Waals surface area contributed by atoms with Crippen LogP contribution in [0.3, 0.4) is 0 Å². The van der Waals surface area contributed by atoms with Crippen molar-refractivity contribution >= 4 is 43.0 Å². The Labute approximate surface area is 94.6 Å². The lowest BCUT2D eigenvalue weighted by molar-refractivity contribution is 0.654. The van der Waals surface area contributed by atoms with E-state index < -0.39 is 0 Å². The Morgan fingerprint density at radius 3 is 2.87 bits per heavy atom. The highest BCUT2D eigenvalue weighted by molar-refractivity contribution is 6.31. The molecule has 70 valence electrons. The van der Waals surface area contributed by atoms with Gasteiger partial charge in [0.2, 0.25) is 22.0 Å². The van der Waals surface area contributed by atoms with E-state index in [1.54, 1.807) is 0 Å². The standard InChI is InChI=1S/C11H7N2O.Al/c1-7-6-12-11-10(13-7)8-4-2-3-5-9(8)14-11;/h2-5H,1H3;. The fourth-order valence-corrected chi connectivity index (χ4v) is 1.80. The molecule has 0 N–H and O–H groups in total. The van der Waals surface area contributed by atoms with Crippen LogP contribution in [0.15, 0.2) is 28.7 Å². The van der Waals surface area contributed by atoms with Gasteiger partial charge in [-0.2, -0.15) is 0 Å². The van der Waals surface area contributed by atoms with Gasteiger partial charge in [0.15, 0.2) is 0 Å². The minimum Gasteiger partial charge on any atom is -0.436 e. The maximum atomic E-state index is 5.60. The predicted octanol–water partition coefficient (Wildman–Crippen LogP) is 1.48. The topological polar surface area (TPSA) is 38.9 Å². The van der Waals surface area contributed by atoms with Crippen molar-refractivity contribution in [2.45, 2.75) is 6.92 Å². The molecule has 0 atom stereocenters. The molecule has 3 rings (SSSR count). The van der Waals surface area contributed by atoms with Gasteiger partial charge in [0.1, 0.15) is 11.1 Å². The van der Waals surface area contributed by atoms with E-state index in [4.69, 9.17) is 4.42 Å². The van der Waals surface area contributed by atoms with Crippen LogP contribution in [0, 0.1) is 6.92 Å². The highest BCUT2D eigenvalue weighted by Gasteiger charge is 2.09. The van der Waals surface area contributed by atoms with Crippen molar-refractivity contribution in [2.24, 2.45) is 0 Å². The third-order valence-electron chi connectivity index (χ3n) is 2.42. The quantitative estimate of drug-likeness (QED) is 0.527. The minimum atomic E-state index is 0.604. The molecular formula is C11H7AlN2O. The van der Waals surface area contributed by atoms with Crippen LogP contribution in [0.4, 0.5) is 0 Å². The van der Waals surface area contributed by atoms with E-state index in [9.17, 15) is 0 Å². The zero-order chi connectivity index (χ0) is 10.4. The first-order chi connectivity index (χ1) is 7.25. The lowest BCUT2D eigenvalue weighted by atomic mass is 10.2. The van der Waals surface area contributed by atoms with E-state index in [0.717, 1.165) is 26.7 Å². The summed E-state index contributed by atoms with van der Waals surface area (Å²) in [6.07, 6.45) is 0. The number of hydrogen-bond donors (Lipinski definition) is 0. The number of hydrogen-bond acceptors (Lipinski definition) is 3. The molecule has 0 saturated heterocycles. The SMILES string of the molecule is Cc1nc2c(n[c]1[Al])oc1ccccc12. The molecule has 4 heteroatoms. The smallest absolute Gasteiger partial charge is 0.244 e. The van der Waals surface area contributed by atoms with Crippen molar-refractivity contribution in [2.75, 3.05) is 0 Å². The molecule has 3 aromatic rings. The average Bonchev–Trinajstić information content (AvgIpc) is 2.57. The Balaban J connectivity index is 2.56. The van der Waals surface area contributed by atoms with Gasteiger partial charge in [-0.05, 0) is 23.6 Å².